The molecule has 0 radical (unpaired) electrons. The molecule has 0 aromatic heterocycles. The van der Waals surface area contributed by atoms with Crippen LogP contribution in [0.1, 0.15) is 42.3 Å². The van der Waals surface area contributed by atoms with Crippen LogP contribution in [0.3, 0.4) is 0 Å². The second-order valence-electron chi connectivity index (χ2n) is 9.57. The molecule has 0 saturated heterocycles. The third kappa shape index (κ3) is 3.23. The van der Waals surface area contributed by atoms with Crippen molar-refractivity contribution in [2.24, 2.45) is 0 Å². The van der Waals surface area contributed by atoms with Crippen molar-refractivity contribution in [2.75, 3.05) is 6.61 Å². The molecular weight excluding hydrogens is 531 g/mol. The molecule has 0 bridgehead atoms. The van der Waals surface area contributed by atoms with Crippen LogP contribution in [0.15, 0.2) is 78.9 Å². The maximum atomic E-state index is 9.47. The SMILES string of the molecule is C[SiH](C)[Zr]([Cl])([Cl])([CH]1C=C(CCCO)c2ccccc21)[CH]1c2ccccc2-c2ccccc21. The zero-order valence-corrected chi connectivity index (χ0v) is 23.7. The maximum absolute atomic E-state index is 9.47. The van der Waals surface area contributed by atoms with Gasteiger partial charge in [-0.2, -0.15) is 0 Å². The van der Waals surface area contributed by atoms with E-state index in [4.69, 9.17) is 17.0 Å². The zero-order valence-electron chi connectivity index (χ0n) is 18.6. The van der Waals surface area contributed by atoms with Crippen molar-refractivity contribution in [2.45, 2.75) is 33.2 Å². The Kier molecular flexibility index (Phi) is 5.96. The number of fused-ring (bicyclic) bond motifs is 4. The molecule has 5 heteroatoms. The fraction of sp³-hybridized carbons (Fsp3) is 0.259. The van der Waals surface area contributed by atoms with Gasteiger partial charge in [0, 0.05) is 0 Å². The molecule has 5 rings (SSSR count). The van der Waals surface area contributed by atoms with Crippen molar-refractivity contribution in [3.8, 4) is 11.1 Å². The van der Waals surface area contributed by atoms with Gasteiger partial charge >= 0.3 is 201 Å². The zero-order chi connectivity index (χ0) is 22.5. The quantitative estimate of drug-likeness (QED) is 0.308. The summed E-state index contributed by atoms with van der Waals surface area (Å²) >= 11 is -4.56. The van der Waals surface area contributed by atoms with E-state index in [9.17, 15) is 5.11 Å². The Morgan fingerprint density at radius 1 is 0.781 bits per heavy atom. The molecule has 3 aromatic carbocycles. The van der Waals surface area contributed by atoms with Gasteiger partial charge in [0.25, 0.3) is 0 Å². The third-order valence-corrected chi connectivity index (χ3v) is 59.5. The Labute approximate surface area is 199 Å². The van der Waals surface area contributed by atoms with E-state index in [0.717, 1.165) is 12.8 Å². The van der Waals surface area contributed by atoms with E-state index in [1.807, 2.05) is 0 Å². The number of rotatable bonds is 6. The van der Waals surface area contributed by atoms with Gasteiger partial charge < -0.3 is 0 Å². The van der Waals surface area contributed by atoms with Crippen LogP contribution in [0.2, 0.25) is 13.1 Å². The number of allylic oxidation sites excluding steroid dienone is 2. The fourth-order valence-corrected chi connectivity index (χ4v) is 34.7. The Morgan fingerprint density at radius 3 is 1.81 bits per heavy atom. The molecule has 165 valence electrons. The first kappa shape index (κ1) is 22.8. The van der Waals surface area contributed by atoms with Crippen molar-refractivity contribution in [1.29, 1.82) is 0 Å². The summed E-state index contributed by atoms with van der Waals surface area (Å²) < 4.78 is 0.200. The van der Waals surface area contributed by atoms with Gasteiger partial charge in [-0.3, -0.25) is 0 Å². The van der Waals surface area contributed by atoms with Gasteiger partial charge in [-0.25, -0.2) is 0 Å². The summed E-state index contributed by atoms with van der Waals surface area (Å²) in [4.78, 5) is 0. The van der Waals surface area contributed by atoms with E-state index in [-0.39, 0.29) is 13.9 Å². The van der Waals surface area contributed by atoms with Crippen LogP contribution in [0.5, 0.6) is 0 Å². The number of halogens is 2. The first-order valence-electron chi connectivity index (χ1n) is 11.5. The number of aliphatic hydroxyl groups excluding tert-OH is 1. The van der Waals surface area contributed by atoms with Crippen molar-refractivity contribution in [3.63, 3.8) is 0 Å². The predicted molar refractivity (Wildman–Crippen MR) is 138 cm³/mol. The van der Waals surface area contributed by atoms with Gasteiger partial charge in [-0.15, -0.1) is 0 Å². The summed E-state index contributed by atoms with van der Waals surface area (Å²) in [5, 5.41) is 9.47. The summed E-state index contributed by atoms with van der Waals surface area (Å²) in [7, 11) is 16.3. The van der Waals surface area contributed by atoms with E-state index >= 15 is 0 Å². The van der Waals surface area contributed by atoms with Gasteiger partial charge in [-0.05, 0) is 0 Å². The molecule has 0 spiro atoms. The molecule has 1 nitrogen and oxygen atoms in total. The molecule has 2 aliphatic rings. The first-order valence-corrected chi connectivity index (χ1v) is 27.9. The number of aliphatic hydroxyl groups is 1. The van der Waals surface area contributed by atoms with Crippen LogP contribution in [0.4, 0.5) is 0 Å². The van der Waals surface area contributed by atoms with Crippen LogP contribution < -0.4 is 0 Å². The Bertz CT molecular complexity index is 1170. The van der Waals surface area contributed by atoms with E-state index in [1.54, 1.807) is 0 Å². The molecule has 32 heavy (non-hydrogen) atoms. The third-order valence-electron chi connectivity index (χ3n) is 7.70. The summed E-state index contributed by atoms with van der Waals surface area (Å²) in [5.41, 5.74) is 9.11. The van der Waals surface area contributed by atoms with Crippen molar-refractivity contribution < 1.29 is 20.7 Å². The average Bonchev–Trinajstić information content (AvgIpc) is 3.35. The molecule has 0 fully saturated rings. The van der Waals surface area contributed by atoms with Gasteiger partial charge in [-0.1, -0.05) is 0 Å². The topological polar surface area (TPSA) is 20.2 Å². The molecule has 0 amide bonds. The second-order valence-corrected chi connectivity index (χ2v) is 52.2. The van der Waals surface area contributed by atoms with Crippen LogP contribution in [-0.2, 0) is 15.6 Å². The van der Waals surface area contributed by atoms with E-state index in [1.165, 1.54) is 39.0 Å². The van der Waals surface area contributed by atoms with Crippen molar-refractivity contribution in [3.05, 3.63) is 101 Å². The minimum absolute atomic E-state index is 0.0977. The summed E-state index contributed by atoms with van der Waals surface area (Å²) in [6.45, 7) is 4.94. The molecule has 0 saturated carbocycles. The summed E-state index contributed by atoms with van der Waals surface area (Å²) in [5.74, 6) is -1.51. The van der Waals surface area contributed by atoms with Crippen LogP contribution in [0.25, 0.3) is 16.7 Å². The first-order chi connectivity index (χ1) is 15.4. The van der Waals surface area contributed by atoms with Gasteiger partial charge in [0.15, 0.2) is 0 Å². The van der Waals surface area contributed by atoms with Crippen molar-refractivity contribution in [1.82, 2.24) is 0 Å². The van der Waals surface area contributed by atoms with Gasteiger partial charge in [0.2, 0.25) is 0 Å². The summed E-state index contributed by atoms with van der Waals surface area (Å²) in [6, 6.07) is 26.1. The molecule has 0 aliphatic heterocycles. The average molecular weight is 560 g/mol. The molecule has 2 aliphatic carbocycles. The molecule has 1 atom stereocenters. The standard InChI is InChI=1S/C13H9.C12H13O.C2H7Si.2ClH.Zr/c1-3-7-12-10(5-1)9-11-6-2-4-8-13(11)12;13-9-3-5-11-8-7-10-4-1-2-6-12(10)11;1-3-2;;;/h1-9H;1-2,4,6-8,13H,3,5,9H2;3H,1-2H3;2*1H;/q;;;;;+2/p-2. The van der Waals surface area contributed by atoms with Gasteiger partial charge in [0.05, 0.1) is 0 Å². The molecule has 3 aromatic rings. The Balaban J connectivity index is 1.77. The number of benzene rings is 3. The van der Waals surface area contributed by atoms with E-state index < -0.39 is 21.5 Å². The van der Waals surface area contributed by atoms with Crippen molar-refractivity contribution >= 4 is 28.5 Å². The molecular formula is C27H29Cl2OSiZr. The monoisotopic (exact) mass is 557 g/mol. The fourth-order valence-electron chi connectivity index (χ4n) is 6.01. The van der Waals surface area contributed by atoms with E-state index in [0.29, 0.717) is 0 Å². The normalized spacial score (nSPS) is 18.6. The Hall–Kier alpha value is -0.960. The Morgan fingerprint density at radius 2 is 1.28 bits per heavy atom. The number of hydrogen-bond acceptors (Lipinski definition) is 1. The minimum atomic E-state index is -4.56. The van der Waals surface area contributed by atoms with Crippen LogP contribution in [-0.4, -0.2) is 17.6 Å². The number of hydrogen-bond donors (Lipinski definition) is 1. The molecule has 1 N–H and O–H groups in total. The van der Waals surface area contributed by atoms with E-state index in [2.05, 4.69) is 92.0 Å². The second kappa shape index (κ2) is 8.36. The molecule has 0 heterocycles. The summed E-state index contributed by atoms with van der Waals surface area (Å²) in [6.07, 6.45) is 4.03. The van der Waals surface area contributed by atoms with Crippen LogP contribution >= 0.6 is 17.0 Å². The predicted octanol–water partition coefficient (Wildman–Crippen LogP) is 7.65. The molecule has 1 unspecified atom stereocenters. The van der Waals surface area contributed by atoms with Gasteiger partial charge in [0.1, 0.15) is 0 Å². The van der Waals surface area contributed by atoms with Crippen LogP contribution in [0, 0.1) is 0 Å².